The second kappa shape index (κ2) is 6.85. The van der Waals surface area contributed by atoms with E-state index in [-0.39, 0.29) is 10.6 Å². The molecule has 0 rings (SSSR count). The van der Waals surface area contributed by atoms with Crippen LogP contribution in [0.25, 0.3) is 0 Å². The molecule has 0 saturated carbocycles. The van der Waals surface area contributed by atoms with Crippen molar-refractivity contribution < 1.29 is 9.22 Å². The van der Waals surface area contributed by atoms with Gasteiger partial charge in [-0.2, -0.15) is 0 Å². The minimum atomic E-state index is -1.83. The average Bonchev–Trinajstić information content (AvgIpc) is 2.13. The summed E-state index contributed by atoms with van der Waals surface area (Å²) in [6, 6.07) is 0. The van der Waals surface area contributed by atoms with Gasteiger partial charge in [-0.1, -0.05) is 32.4 Å². The summed E-state index contributed by atoms with van der Waals surface area (Å²) in [6.45, 7) is 17.5. The van der Waals surface area contributed by atoms with Crippen LogP contribution in [0, 0.1) is 0 Å². The summed E-state index contributed by atoms with van der Waals surface area (Å²) < 4.78 is 6.49. The first-order valence-electron chi connectivity index (χ1n) is 7.21. The summed E-state index contributed by atoms with van der Waals surface area (Å²) in [5, 5.41) is 0.174. The molecule has 0 aromatic heterocycles. The molecule has 112 valence electrons. The van der Waals surface area contributed by atoms with Crippen molar-refractivity contribution in [2.24, 2.45) is 0 Å². The Kier molecular flexibility index (Phi) is 6.70. The SMILES string of the molecule is CC(C)=CCCC(C)(CC=O)O[Si](C)(C)C(C)(C)C. The molecule has 0 fully saturated rings. The summed E-state index contributed by atoms with van der Waals surface area (Å²) in [6.07, 6.45) is 5.58. The predicted molar refractivity (Wildman–Crippen MR) is 86.0 cm³/mol. The third-order valence-electron chi connectivity index (χ3n) is 4.05. The van der Waals surface area contributed by atoms with Crippen LogP contribution in [-0.4, -0.2) is 20.2 Å². The number of carbonyl (C=O) groups excluding carboxylic acids is 1. The fraction of sp³-hybridized carbons (Fsp3) is 0.812. The maximum atomic E-state index is 11.0. The van der Waals surface area contributed by atoms with Gasteiger partial charge < -0.3 is 9.22 Å². The molecule has 0 aliphatic rings. The molecular weight excluding hydrogens is 252 g/mol. The lowest BCUT2D eigenvalue weighted by Gasteiger charge is -2.43. The fourth-order valence-corrected chi connectivity index (χ4v) is 3.53. The lowest BCUT2D eigenvalue weighted by molar-refractivity contribution is -0.111. The Labute approximate surface area is 120 Å². The van der Waals surface area contributed by atoms with Crippen molar-refractivity contribution in [3.05, 3.63) is 11.6 Å². The highest BCUT2D eigenvalue weighted by Crippen LogP contribution is 2.40. The number of hydrogen-bond donors (Lipinski definition) is 0. The molecule has 2 nitrogen and oxygen atoms in total. The van der Waals surface area contributed by atoms with E-state index in [4.69, 9.17) is 4.43 Å². The molecule has 0 radical (unpaired) electrons. The van der Waals surface area contributed by atoms with Crippen LogP contribution in [0.1, 0.15) is 60.8 Å². The Morgan fingerprint density at radius 2 is 1.68 bits per heavy atom. The first-order valence-corrected chi connectivity index (χ1v) is 10.1. The van der Waals surface area contributed by atoms with E-state index < -0.39 is 8.32 Å². The van der Waals surface area contributed by atoms with Crippen molar-refractivity contribution in [1.82, 2.24) is 0 Å². The minimum absolute atomic E-state index is 0.174. The van der Waals surface area contributed by atoms with Crippen LogP contribution < -0.4 is 0 Å². The second-order valence-corrected chi connectivity index (χ2v) is 12.2. The zero-order valence-electron chi connectivity index (χ0n) is 14.1. The Balaban J connectivity index is 4.89. The summed E-state index contributed by atoms with van der Waals surface area (Å²) in [5.74, 6) is 0. The van der Waals surface area contributed by atoms with E-state index in [1.165, 1.54) is 5.57 Å². The van der Waals surface area contributed by atoms with Gasteiger partial charge in [0.2, 0.25) is 0 Å². The summed E-state index contributed by atoms with van der Waals surface area (Å²) in [7, 11) is -1.83. The van der Waals surface area contributed by atoms with Crippen LogP contribution >= 0.6 is 0 Å². The molecule has 0 heterocycles. The largest absolute Gasteiger partial charge is 0.411 e. The lowest BCUT2D eigenvalue weighted by atomic mass is 9.96. The molecule has 1 unspecified atom stereocenters. The van der Waals surface area contributed by atoms with E-state index in [0.717, 1.165) is 19.1 Å². The molecule has 0 amide bonds. The fourth-order valence-electron chi connectivity index (χ4n) is 1.81. The lowest BCUT2D eigenvalue weighted by Crippen LogP contribution is -2.48. The van der Waals surface area contributed by atoms with Crippen LogP contribution in [0.5, 0.6) is 0 Å². The molecule has 0 aliphatic carbocycles. The molecular formula is C16H32O2Si. The molecule has 0 saturated heterocycles. The first-order chi connectivity index (χ1) is 8.43. The van der Waals surface area contributed by atoms with Gasteiger partial charge >= 0.3 is 0 Å². The molecule has 19 heavy (non-hydrogen) atoms. The van der Waals surface area contributed by atoms with Crippen LogP contribution in [0.15, 0.2) is 11.6 Å². The molecule has 0 aromatic rings. The van der Waals surface area contributed by atoms with Gasteiger partial charge in [0, 0.05) is 6.42 Å². The molecule has 0 aliphatic heterocycles. The first kappa shape index (κ1) is 18.6. The number of allylic oxidation sites excluding steroid dienone is 2. The Hall–Kier alpha value is -0.413. The number of aldehydes is 1. The summed E-state index contributed by atoms with van der Waals surface area (Å²) in [4.78, 5) is 11.0. The summed E-state index contributed by atoms with van der Waals surface area (Å²) >= 11 is 0. The smallest absolute Gasteiger partial charge is 0.192 e. The van der Waals surface area contributed by atoms with E-state index in [0.29, 0.717) is 6.42 Å². The van der Waals surface area contributed by atoms with Crippen molar-refractivity contribution >= 4 is 14.6 Å². The zero-order chi connectivity index (χ0) is 15.3. The molecule has 0 bridgehead atoms. The van der Waals surface area contributed by atoms with E-state index in [9.17, 15) is 4.79 Å². The van der Waals surface area contributed by atoms with E-state index >= 15 is 0 Å². The number of carbonyl (C=O) groups is 1. The van der Waals surface area contributed by atoms with Gasteiger partial charge in [0.1, 0.15) is 6.29 Å². The highest BCUT2D eigenvalue weighted by Gasteiger charge is 2.42. The minimum Gasteiger partial charge on any atom is -0.411 e. The molecule has 1 atom stereocenters. The maximum absolute atomic E-state index is 11.0. The zero-order valence-corrected chi connectivity index (χ0v) is 15.1. The monoisotopic (exact) mass is 284 g/mol. The van der Waals surface area contributed by atoms with Crippen molar-refractivity contribution in [2.45, 2.75) is 84.5 Å². The van der Waals surface area contributed by atoms with Gasteiger partial charge in [0.15, 0.2) is 8.32 Å². The summed E-state index contributed by atoms with van der Waals surface area (Å²) in [5.41, 5.74) is 0.997. The van der Waals surface area contributed by atoms with Gasteiger partial charge in [-0.25, -0.2) is 0 Å². The van der Waals surface area contributed by atoms with Crippen LogP contribution in [0.3, 0.4) is 0 Å². The highest BCUT2D eigenvalue weighted by atomic mass is 28.4. The molecule has 3 heteroatoms. The third kappa shape index (κ3) is 6.53. The van der Waals surface area contributed by atoms with Crippen molar-refractivity contribution in [2.75, 3.05) is 0 Å². The normalized spacial score (nSPS) is 15.8. The van der Waals surface area contributed by atoms with Gasteiger partial charge in [-0.05, 0) is 51.7 Å². The number of hydrogen-bond acceptors (Lipinski definition) is 2. The topological polar surface area (TPSA) is 26.3 Å². The Bertz CT molecular complexity index is 322. The van der Waals surface area contributed by atoms with Gasteiger partial charge in [-0.3, -0.25) is 0 Å². The predicted octanol–water partition coefficient (Wildman–Crippen LogP) is 5.10. The third-order valence-corrected chi connectivity index (χ3v) is 8.66. The van der Waals surface area contributed by atoms with E-state index in [1.54, 1.807) is 0 Å². The van der Waals surface area contributed by atoms with Crippen LogP contribution in [-0.2, 0) is 9.22 Å². The molecule has 0 N–H and O–H groups in total. The van der Waals surface area contributed by atoms with Crippen molar-refractivity contribution in [3.8, 4) is 0 Å². The average molecular weight is 285 g/mol. The maximum Gasteiger partial charge on any atom is 0.192 e. The Morgan fingerprint density at radius 1 is 1.16 bits per heavy atom. The van der Waals surface area contributed by atoms with E-state index in [1.807, 2.05) is 0 Å². The molecule has 0 aromatic carbocycles. The van der Waals surface area contributed by atoms with Crippen molar-refractivity contribution in [3.63, 3.8) is 0 Å². The van der Waals surface area contributed by atoms with Crippen LogP contribution in [0.4, 0.5) is 0 Å². The molecule has 0 spiro atoms. The van der Waals surface area contributed by atoms with Gasteiger partial charge in [0.25, 0.3) is 0 Å². The Morgan fingerprint density at radius 3 is 2.05 bits per heavy atom. The van der Waals surface area contributed by atoms with E-state index in [2.05, 4.69) is 60.7 Å². The second-order valence-electron chi connectivity index (χ2n) is 7.50. The standard InChI is InChI=1S/C16H32O2Si/c1-14(2)10-9-11-16(6,12-13-17)18-19(7,8)15(3,4)5/h10,13H,9,11-12H2,1-8H3. The number of rotatable bonds is 7. The highest BCUT2D eigenvalue weighted by molar-refractivity contribution is 6.74. The van der Waals surface area contributed by atoms with Crippen LogP contribution in [0.2, 0.25) is 18.1 Å². The van der Waals surface area contributed by atoms with Gasteiger partial charge in [-0.15, -0.1) is 0 Å². The van der Waals surface area contributed by atoms with Crippen molar-refractivity contribution in [1.29, 1.82) is 0 Å². The quantitative estimate of drug-likeness (QED) is 0.369. The van der Waals surface area contributed by atoms with Gasteiger partial charge in [0.05, 0.1) is 5.60 Å².